The fourth-order valence-corrected chi connectivity index (χ4v) is 5.14. The molecule has 3 rings (SSSR count). The molecule has 5 nitrogen and oxygen atoms in total. The first-order chi connectivity index (χ1) is 10.0. The number of hydrogen-bond donors (Lipinski definition) is 1. The SMILES string of the molecule is COC(=O)c1ccccc1S(=O)(=O)NC1CC2CCC1C2. The van der Waals surface area contributed by atoms with Gasteiger partial charge < -0.3 is 4.74 Å². The van der Waals surface area contributed by atoms with E-state index >= 15 is 0 Å². The van der Waals surface area contributed by atoms with Crippen molar-refractivity contribution in [1.29, 1.82) is 0 Å². The summed E-state index contributed by atoms with van der Waals surface area (Å²) in [6.07, 6.45) is 4.33. The average Bonchev–Trinajstić information content (AvgIpc) is 3.08. The van der Waals surface area contributed by atoms with Crippen LogP contribution in [-0.4, -0.2) is 27.5 Å². The van der Waals surface area contributed by atoms with Crippen molar-refractivity contribution in [1.82, 2.24) is 4.72 Å². The van der Waals surface area contributed by atoms with Gasteiger partial charge in [0.15, 0.2) is 0 Å². The first kappa shape index (κ1) is 14.5. The second kappa shape index (κ2) is 5.42. The van der Waals surface area contributed by atoms with E-state index in [1.165, 1.54) is 25.7 Å². The van der Waals surface area contributed by atoms with Gasteiger partial charge in [-0.25, -0.2) is 17.9 Å². The first-order valence-electron chi connectivity index (χ1n) is 7.21. The number of ether oxygens (including phenoxy) is 1. The van der Waals surface area contributed by atoms with E-state index in [4.69, 9.17) is 0 Å². The summed E-state index contributed by atoms with van der Waals surface area (Å²) in [7, 11) is -2.46. The minimum atomic E-state index is -3.70. The number of esters is 1. The van der Waals surface area contributed by atoms with Crippen molar-refractivity contribution >= 4 is 16.0 Å². The molecule has 3 atom stereocenters. The predicted octanol–water partition coefficient (Wildman–Crippen LogP) is 1.94. The number of nitrogens with one attached hydrogen (secondary N) is 1. The highest BCUT2D eigenvalue weighted by Gasteiger charge is 2.41. The molecule has 0 radical (unpaired) electrons. The molecule has 2 fully saturated rings. The Morgan fingerprint density at radius 2 is 2.00 bits per heavy atom. The molecule has 3 unspecified atom stereocenters. The molecule has 0 spiro atoms. The zero-order chi connectivity index (χ0) is 15.0. The lowest BCUT2D eigenvalue weighted by Crippen LogP contribution is -2.39. The van der Waals surface area contributed by atoms with E-state index in [2.05, 4.69) is 9.46 Å². The molecule has 1 N–H and O–H groups in total. The molecule has 0 saturated heterocycles. The van der Waals surface area contributed by atoms with Crippen LogP contribution in [0, 0.1) is 11.8 Å². The predicted molar refractivity (Wildman–Crippen MR) is 77.3 cm³/mol. The van der Waals surface area contributed by atoms with Gasteiger partial charge in [-0.1, -0.05) is 18.6 Å². The maximum absolute atomic E-state index is 12.6. The van der Waals surface area contributed by atoms with E-state index < -0.39 is 16.0 Å². The number of rotatable bonds is 4. The Bertz CT molecular complexity index is 655. The summed E-state index contributed by atoms with van der Waals surface area (Å²) < 4.78 is 32.6. The fourth-order valence-electron chi connectivity index (χ4n) is 3.63. The highest BCUT2D eigenvalue weighted by atomic mass is 32.2. The molecule has 0 heterocycles. The largest absolute Gasteiger partial charge is 0.465 e. The summed E-state index contributed by atoms with van der Waals surface area (Å²) in [5, 5.41) is 0. The molecule has 2 aliphatic rings. The van der Waals surface area contributed by atoms with Gasteiger partial charge in [0.05, 0.1) is 17.6 Å². The van der Waals surface area contributed by atoms with Crippen LogP contribution in [-0.2, 0) is 14.8 Å². The lowest BCUT2D eigenvalue weighted by molar-refractivity contribution is 0.0596. The Kier molecular flexibility index (Phi) is 3.75. The smallest absolute Gasteiger partial charge is 0.339 e. The van der Waals surface area contributed by atoms with E-state index in [1.807, 2.05) is 0 Å². The summed E-state index contributed by atoms with van der Waals surface area (Å²) in [5.74, 6) is 0.456. The van der Waals surface area contributed by atoms with Crippen LogP contribution in [0.1, 0.15) is 36.0 Å². The number of carbonyl (C=O) groups excluding carboxylic acids is 1. The van der Waals surface area contributed by atoms with Gasteiger partial charge in [0, 0.05) is 6.04 Å². The van der Waals surface area contributed by atoms with Crippen molar-refractivity contribution < 1.29 is 17.9 Å². The van der Waals surface area contributed by atoms with Crippen molar-refractivity contribution in [3.05, 3.63) is 29.8 Å². The van der Waals surface area contributed by atoms with E-state index in [1.54, 1.807) is 12.1 Å². The number of fused-ring (bicyclic) bond motifs is 2. The van der Waals surface area contributed by atoms with E-state index in [9.17, 15) is 13.2 Å². The number of sulfonamides is 1. The van der Waals surface area contributed by atoms with Crippen molar-refractivity contribution in [2.75, 3.05) is 7.11 Å². The second-order valence-corrected chi connectivity index (χ2v) is 7.57. The van der Waals surface area contributed by atoms with E-state index in [0.717, 1.165) is 19.3 Å². The lowest BCUT2D eigenvalue weighted by Gasteiger charge is -2.23. The zero-order valence-corrected chi connectivity index (χ0v) is 12.7. The lowest BCUT2D eigenvalue weighted by atomic mass is 9.96. The summed E-state index contributed by atoms with van der Waals surface area (Å²) in [5.41, 5.74) is 0.0793. The molecule has 0 aliphatic heterocycles. The molecule has 1 aromatic rings. The molecule has 21 heavy (non-hydrogen) atoms. The maximum atomic E-state index is 12.6. The van der Waals surface area contributed by atoms with Crippen molar-refractivity contribution in [2.24, 2.45) is 11.8 Å². The molecular weight excluding hydrogens is 290 g/mol. The van der Waals surface area contributed by atoms with Gasteiger partial charge in [-0.05, 0) is 43.2 Å². The Morgan fingerprint density at radius 1 is 1.24 bits per heavy atom. The van der Waals surface area contributed by atoms with Crippen LogP contribution in [0.4, 0.5) is 0 Å². The van der Waals surface area contributed by atoms with E-state index in [-0.39, 0.29) is 16.5 Å². The normalized spacial score (nSPS) is 27.8. The molecule has 0 amide bonds. The topological polar surface area (TPSA) is 72.5 Å². The van der Waals surface area contributed by atoms with Crippen LogP contribution in [0.2, 0.25) is 0 Å². The standard InChI is InChI=1S/C15H19NO4S/c1-20-15(17)12-4-2-3-5-14(12)21(18,19)16-13-9-10-6-7-11(13)8-10/h2-5,10-11,13,16H,6-9H2,1H3. The Labute approximate surface area is 124 Å². The van der Waals surface area contributed by atoms with Gasteiger partial charge in [0.25, 0.3) is 0 Å². The molecular formula is C15H19NO4S. The van der Waals surface area contributed by atoms with Crippen LogP contribution >= 0.6 is 0 Å². The van der Waals surface area contributed by atoms with Gasteiger partial charge in [-0.15, -0.1) is 0 Å². The Morgan fingerprint density at radius 3 is 2.62 bits per heavy atom. The van der Waals surface area contributed by atoms with Crippen LogP contribution in [0.15, 0.2) is 29.2 Å². The van der Waals surface area contributed by atoms with Gasteiger partial charge in [-0.3, -0.25) is 0 Å². The van der Waals surface area contributed by atoms with Crippen LogP contribution in [0.5, 0.6) is 0 Å². The zero-order valence-electron chi connectivity index (χ0n) is 11.9. The molecule has 2 aliphatic carbocycles. The monoisotopic (exact) mass is 309 g/mol. The summed E-state index contributed by atoms with van der Waals surface area (Å²) >= 11 is 0. The minimum absolute atomic E-state index is 0.000349. The van der Waals surface area contributed by atoms with Crippen molar-refractivity contribution in [3.8, 4) is 0 Å². The Hall–Kier alpha value is -1.40. The van der Waals surface area contributed by atoms with Gasteiger partial charge in [0.1, 0.15) is 0 Å². The summed E-state index contributed by atoms with van der Waals surface area (Å²) in [6, 6.07) is 6.16. The second-order valence-electron chi connectivity index (χ2n) is 5.89. The molecule has 114 valence electrons. The van der Waals surface area contributed by atoms with E-state index in [0.29, 0.717) is 11.8 Å². The van der Waals surface area contributed by atoms with Gasteiger partial charge in [0.2, 0.25) is 10.0 Å². The maximum Gasteiger partial charge on any atom is 0.339 e. The molecule has 1 aromatic carbocycles. The van der Waals surface area contributed by atoms with Crippen LogP contribution in [0.3, 0.4) is 0 Å². The number of benzene rings is 1. The van der Waals surface area contributed by atoms with Crippen molar-refractivity contribution in [2.45, 2.75) is 36.6 Å². The molecule has 2 saturated carbocycles. The highest BCUT2D eigenvalue weighted by Crippen LogP contribution is 2.44. The summed E-state index contributed by atoms with van der Waals surface area (Å²) in [4.78, 5) is 11.7. The average molecular weight is 309 g/mol. The quantitative estimate of drug-likeness (QED) is 0.863. The highest BCUT2D eigenvalue weighted by molar-refractivity contribution is 7.89. The first-order valence-corrected chi connectivity index (χ1v) is 8.69. The third-order valence-corrected chi connectivity index (χ3v) is 6.17. The molecule has 2 bridgehead atoms. The third-order valence-electron chi connectivity index (χ3n) is 4.63. The molecule has 0 aromatic heterocycles. The van der Waals surface area contributed by atoms with Gasteiger partial charge >= 0.3 is 5.97 Å². The summed E-state index contributed by atoms with van der Waals surface area (Å²) in [6.45, 7) is 0. The number of carbonyl (C=O) groups is 1. The van der Waals surface area contributed by atoms with Gasteiger partial charge in [-0.2, -0.15) is 0 Å². The fraction of sp³-hybridized carbons (Fsp3) is 0.533. The minimum Gasteiger partial charge on any atom is -0.465 e. The Balaban J connectivity index is 1.87. The van der Waals surface area contributed by atoms with Crippen LogP contribution < -0.4 is 4.72 Å². The van der Waals surface area contributed by atoms with Crippen molar-refractivity contribution in [3.63, 3.8) is 0 Å². The van der Waals surface area contributed by atoms with Crippen LogP contribution in [0.25, 0.3) is 0 Å². The third kappa shape index (κ3) is 2.70. The molecule has 6 heteroatoms. The number of methoxy groups -OCH3 is 1. The number of hydrogen-bond acceptors (Lipinski definition) is 4.